The molecule has 0 saturated carbocycles. The number of nitrogens with zero attached hydrogens (tertiary/aromatic N) is 2. The topological polar surface area (TPSA) is 170 Å². The van der Waals surface area contributed by atoms with E-state index in [1.165, 1.54) is 0 Å². The summed E-state index contributed by atoms with van der Waals surface area (Å²) in [5.74, 6) is -1.13. The van der Waals surface area contributed by atoms with Gasteiger partial charge < -0.3 is 25.3 Å². The number of fused-ring (bicyclic) bond motifs is 1. The van der Waals surface area contributed by atoms with Crippen LogP contribution in [0, 0.1) is 0 Å². The second-order valence-corrected chi connectivity index (χ2v) is 9.96. The van der Waals surface area contributed by atoms with Crippen LogP contribution in [0.25, 0.3) is 33.7 Å². The number of amides is 1. The number of nitrogens with one attached hydrogen (secondary N) is 3. The monoisotopic (exact) mass is 583 g/mol. The standard InChI is InChI=1S/C28H25N5O2.2C2H4O2/c34-27(32-23-5-3-4-20(16-23)26-33-24-6-1-2-7-25(24)35-26)28(12-14-29-15-13-28)22-10-8-19(9-11-22)21-17-30-31-18-21;2*1-2(3)4/h1-11,16-18,29H,12-15H2,(H,30,31)(H,32,34);2*1H3,(H,3,4). The normalized spacial score (nSPS) is 13.5. The fourth-order valence-electron chi connectivity index (χ4n) is 4.87. The van der Waals surface area contributed by atoms with Crippen molar-refractivity contribution in [3.05, 3.63) is 90.8 Å². The van der Waals surface area contributed by atoms with Gasteiger partial charge in [-0.15, -0.1) is 0 Å². The third kappa shape index (κ3) is 7.92. The lowest BCUT2D eigenvalue weighted by Gasteiger charge is -2.37. The Morgan fingerprint density at radius 1 is 0.860 bits per heavy atom. The second-order valence-electron chi connectivity index (χ2n) is 9.96. The van der Waals surface area contributed by atoms with Gasteiger partial charge in [0.1, 0.15) is 5.52 Å². The number of aromatic nitrogens is 3. The summed E-state index contributed by atoms with van der Waals surface area (Å²) >= 11 is 0. The number of hydrogen-bond donors (Lipinski definition) is 5. The van der Waals surface area contributed by atoms with Crippen molar-refractivity contribution in [3.8, 4) is 22.6 Å². The number of benzene rings is 3. The van der Waals surface area contributed by atoms with Crippen LogP contribution in [0.4, 0.5) is 5.69 Å². The highest BCUT2D eigenvalue weighted by Gasteiger charge is 2.41. The summed E-state index contributed by atoms with van der Waals surface area (Å²) in [6.07, 6.45) is 5.13. The van der Waals surface area contributed by atoms with Gasteiger partial charge in [-0.05, 0) is 67.4 Å². The van der Waals surface area contributed by atoms with Gasteiger partial charge in [0.25, 0.3) is 11.9 Å². The molecular weight excluding hydrogens is 550 g/mol. The molecule has 3 heterocycles. The average molecular weight is 584 g/mol. The smallest absolute Gasteiger partial charge is 0.300 e. The first-order chi connectivity index (χ1) is 20.7. The zero-order chi connectivity index (χ0) is 30.8. The molecule has 222 valence electrons. The summed E-state index contributed by atoms with van der Waals surface area (Å²) in [6, 6.07) is 23.6. The van der Waals surface area contributed by atoms with Gasteiger partial charge in [-0.1, -0.05) is 42.5 Å². The average Bonchev–Trinajstić information content (AvgIpc) is 3.68. The highest BCUT2D eigenvalue weighted by Crippen LogP contribution is 2.36. The fourth-order valence-corrected chi connectivity index (χ4v) is 4.87. The molecule has 11 heteroatoms. The van der Waals surface area contributed by atoms with Crippen molar-refractivity contribution < 1.29 is 29.0 Å². The summed E-state index contributed by atoms with van der Waals surface area (Å²) in [4.78, 5) is 36.4. The number of rotatable bonds is 5. The van der Waals surface area contributed by atoms with Crippen molar-refractivity contribution in [2.24, 2.45) is 0 Å². The maximum atomic E-state index is 13.8. The zero-order valence-corrected chi connectivity index (χ0v) is 23.8. The predicted molar refractivity (Wildman–Crippen MR) is 162 cm³/mol. The number of carboxylic acids is 2. The maximum absolute atomic E-state index is 13.8. The zero-order valence-electron chi connectivity index (χ0n) is 23.8. The van der Waals surface area contributed by atoms with E-state index in [0.717, 1.165) is 78.8 Å². The van der Waals surface area contributed by atoms with E-state index in [2.05, 4.69) is 50.1 Å². The summed E-state index contributed by atoms with van der Waals surface area (Å²) in [5.41, 5.74) is 5.61. The molecule has 43 heavy (non-hydrogen) atoms. The van der Waals surface area contributed by atoms with Gasteiger partial charge >= 0.3 is 0 Å². The number of oxazole rings is 1. The molecule has 0 atom stereocenters. The van der Waals surface area contributed by atoms with Gasteiger partial charge in [-0.3, -0.25) is 19.5 Å². The molecule has 1 saturated heterocycles. The first-order valence-corrected chi connectivity index (χ1v) is 13.6. The van der Waals surface area contributed by atoms with Gasteiger partial charge in [0, 0.05) is 36.9 Å². The van der Waals surface area contributed by atoms with E-state index in [-0.39, 0.29) is 5.91 Å². The number of H-pyrrole nitrogens is 1. The number of carboxylic acid groups (broad SMARTS) is 2. The molecule has 0 unspecified atom stereocenters. The molecule has 1 aliphatic rings. The highest BCUT2D eigenvalue weighted by molar-refractivity contribution is 5.99. The van der Waals surface area contributed by atoms with Crippen molar-refractivity contribution in [3.63, 3.8) is 0 Å². The number of carbonyl (C=O) groups is 3. The first-order valence-electron chi connectivity index (χ1n) is 13.6. The number of anilines is 1. The molecule has 3 aromatic carbocycles. The van der Waals surface area contributed by atoms with Crippen LogP contribution in [-0.4, -0.2) is 56.3 Å². The molecule has 1 amide bonds. The number of aromatic amines is 1. The largest absolute Gasteiger partial charge is 0.481 e. The van der Waals surface area contributed by atoms with Crippen LogP contribution in [-0.2, 0) is 19.8 Å². The van der Waals surface area contributed by atoms with Crippen molar-refractivity contribution in [1.29, 1.82) is 0 Å². The minimum Gasteiger partial charge on any atom is -0.481 e. The lowest BCUT2D eigenvalue weighted by atomic mass is 9.72. The SMILES string of the molecule is CC(=O)O.CC(=O)O.O=C(Nc1cccc(-c2nc3ccccc3o2)c1)C1(c2ccc(-c3cn[nH]c3)cc2)CCNCC1. The molecule has 6 rings (SSSR count). The van der Waals surface area contributed by atoms with Crippen LogP contribution in [0.5, 0.6) is 0 Å². The third-order valence-corrected chi connectivity index (χ3v) is 6.82. The number of hydrogen-bond acceptors (Lipinski definition) is 7. The Hall–Kier alpha value is -5.29. The number of para-hydroxylation sites is 2. The minimum atomic E-state index is -0.833. The predicted octanol–water partition coefficient (Wildman–Crippen LogP) is 5.33. The van der Waals surface area contributed by atoms with Gasteiger partial charge in [0.2, 0.25) is 11.8 Å². The Balaban J connectivity index is 0.000000474. The van der Waals surface area contributed by atoms with Crippen LogP contribution in [0.15, 0.2) is 89.6 Å². The van der Waals surface area contributed by atoms with Gasteiger partial charge in [0.05, 0.1) is 11.6 Å². The second kappa shape index (κ2) is 14.1. The molecule has 1 fully saturated rings. The molecular formula is C32H33N5O6. The highest BCUT2D eigenvalue weighted by atomic mass is 16.4. The van der Waals surface area contributed by atoms with Crippen molar-refractivity contribution in [2.45, 2.75) is 32.1 Å². The van der Waals surface area contributed by atoms with Crippen molar-refractivity contribution >= 4 is 34.6 Å². The number of piperidine rings is 1. The van der Waals surface area contributed by atoms with Gasteiger partial charge in [-0.25, -0.2) is 4.98 Å². The minimum absolute atomic E-state index is 0.00442. The van der Waals surface area contributed by atoms with E-state index >= 15 is 0 Å². The molecule has 0 bridgehead atoms. The van der Waals surface area contributed by atoms with E-state index < -0.39 is 17.4 Å². The van der Waals surface area contributed by atoms with E-state index in [1.54, 1.807) is 6.20 Å². The number of aliphatic carboxylic acids is 2. The van der Waals surface area contributed by atoms with Crippen LogP contribution in [0.1, 0.15) is 32.3 Å². The third-order valence-electron chi connectivity index (χ3n) is 6.82. The number of carbonyl (C=O) groups excluding carboxylic acids is 1. The van der Waals surface area contributed by atoms with E-state index in [1.807, 2.05) is 54.7 Å². The summed E-state index contributed by atoms with van der Waals surface area (Å²) < 4.78 is 5.92. The van der Waals surface area contributed by atoms with Crippen molar-refractivity contribution in [2.75, 3.05) is 18.4 Å². The molecule has 11 nitrogen and oxygen atoms in total. The molecule has 5 N–H and O–H groups in total. The fraction of sp³-hybridized carbons (Fsp3) is 0.219. The molecule has 1 aliphatic heterocycles. The Labute approximate surface area is 248 Å². The Morgan fingerprint density at radius 2 is 1.53 bits per heavy atom. The lowest BCUT2D eigenvalue weighted by Crippen LogP contribution is -2.48. The molecule has 0 aliphatic carbocycles. The summed E-state index contributed by atoms with van der Waals surface area (Å²) in [6.45, 7) is 3.75. The Kier molecular flexibility index (Phi) is 10.0. The molecule has 5 aromatic rings. The molecule has 2 aromatic heterocycles. The maximum Gasteiger partial charge on any atom is 0.300 e. The summed E-state index contributed by atoms with van der Waals surface area (Å²) in [5, 5.41) is 28.3. The van der Waals surface area contributed by atoms with E-state index in [4.69, 9.17) is 24.2 Å². The lowest BCUT2D eigenvalue weighted by molar-refractivity contribution is -0.135. The first kappa shape index (κ1) is 30.7. The molecule has 0 radical (unpaired) electrons. The van der Waals surface area contributed by atoms with Crippen LogP contribution in [0.2, 0.25) is 0 Å². The van der Waals surface area contributed by atoms with Crippen molar-refractivity contribution in [1.82, 2.24) is 20.5 Å². The van der Waals surface area contributed by atoms with E-state index in [9.17, 15) is 4.79 Å². The van der Waals surface area contributed by atoms with Crippen LogP contribution >= 0.6 is 0 Å². The van der Waals surface area contributed by atoms with Crippen LogP contribution in [0.3, 0.4) is 0 Å². The quantitative estimate of drug-likeness (QED) is 0.183. The molecule has 0 spiro atoms. The Bertz CT molecular complexity index is 1620. The van der Waals surface area contributed by atoms with Gasteiger partial charge in [0.15, 0.2) is 5.58 Å². The van der Waals surface area contributed by atoms with E-state index in [0.29, 0.717) is 5.89 Å². The summed E-state index contributed by atoms with van der Waals surface area (Å²) in [7, 11) is 0. The van der Waals surface area contributed by atoms with Gasteiger partial charge in [-0.2, -0.15) is 5.10 Å². The Morgan fingerprint density at radius 3 is 2.16 bits per heavy atom. The van der Waals surface area contributed by atoms with Crippen LogP contribution < -0.4 is 10.6 Å².